The molecule has 33 heavy (non-hydrogen) atoms. The molecule has 3 aromatic heterocycles. The maximum Gasteiger partial charge on any atom is 0.267 e. The molecule has 4 aromatic rings. The van der Waals surface area contributed by atoms with Crippen LogP contribution in [0.3, 0.4) is 0 Å². The van der Waals surface area contributed by atoms with Gasteiger partial charge in [0.15, 0.2) is 0 Å². The molecule has 3 heterocycles. The number of hydrogen-bond acceptors (Lipinski definition) is 6. The number of anilines is 1. The average Bonchev–Trinajstić information content (AvgIpc) is 3.27. The number of azide groups is 1. The van der Waals surface area contributed by atoms with Crippen molar-refractivity contribution in [2.75, 3.05) is 5.32 Å². The summed E-state index contributed by atoms with van der Waals surface area (Å²) in [6.45, 7) is 2.15. The number of aromatic nitrogens is 4. The van der Waals surface area contributed by atoms with Gasteiger partial charge in [-0.3, -0.25) is 4.40 Å². The minimum atomic E-state index is -2.68. The van der Waals surface area contributed by atoms with E-state index >= 15 is 0 Å². The topological polar surface area (TPSA) is 128 Å². The van der Waals surface area contributed by atoms with E-state index in [0.29, 0.717) is 5.69 Å². The van der Waals surface area contributed by atoms with Gasteiger partial charge < -0.3 is 5.32 Å². The van der Waals surface area contributed by atoms with E-state index < -0.39 is 6.43 Å². The Morgan fingerprint density at radius 1 is 1.24 bits per heavy atom. The van der Waals surface area contributed by atoms with E-state index in [-0.39, 0.29) is 41.0 Å². The fourth-order valence-corrected chi connectivity index (χ4v) is 3.46. The molecule has 11 heteroatoms. The molecule has 0 saturated carbocycles. The molecule has 0 radical (unpaired) electrons. The summed E-state index contributed by atoms with van der Waals surface area (Å²) >= 11 is 0. The summed E-state index contributed by atoms with van der Waals surface area (Å²) in [5.41, 5.74) is 11.1. The van der Waals surface area contributed by atoms with E-state index in [1.807, 2.05) is 37.3 Å². The van der Waals surface area contributed by atoms with Gasteiger partial charge in [0, 0.05) is 11.1 Å². The van der Waals surface area contributed by atoms with Crippen molar-refractivity contribution in [1.82, 2.24) is 19.4 Å². The van der Waals surface area contributed by atoms with Gasteiger partial charge in [0.25, 0.3) is 6.43 Å². The van der Waals surface area contributed by atoms with Crippen LogP contribution >= 0.6 is 0 Å². The Balaban J connectivity index is 1.69. The monoisotopic (exact) mass is 445 g/mol. The van der Waals surface area contributed by atoms with E-state index in [1.54, 1.807) is 6.20 Å². The second-order valence-corrected chi connectivity index (χ2v) is 7.17. The minimum absolute atomic E-state index is 0.102. The Labute approximate surface area is 187 Å². The number of rotatable bonds is 7. The van der Waals surface area contributed by atoms with Gasteiger partial charge >= 0.3 is 0 Å². The number of alkyl halides is 2. The second kappa shape index (κ2) is 9.30. The van der Waals surface area contributed by atoms with Crippen molar-refractivity contribution in [3.63, 3.8) is 0 Å². The lowest BCUT2D eigenvalue weighted by atomic mass is 10.1. The van der Waals surface area contributed by atoms with Crippen LogP contribution in [0.1, 0.15) is 41.6 Å². The van der Waals surface area contributed by atoms with Crippen molar-refractivity contribution in [2.45, 2.75) is 25.9 Å². The van der Waals surface area contributed by atoms with E-state index in [1.165, 1.54) is 28.9 Å². The number of halogens is 2. The molecule has 1 unspecified atom stereocenters. The highest BCUT2D eigenvalue weighted by Gasteiger charge is 2.19. The summed E-state index contributed by atoms with van der Waals surface area (Å²) in [5.74, 6) is 0.261. The Hall–Kier alpha value is -4.55. The average molecular weight is 445 g/mol. The standard InChI is InChI=1S/C22H17F2N9/c1-13(15-5-2-4-14(8-15)10-29-32-26)30-22-28-11-16(9-25)19(31-22)18-12-27-21-17(20(23)24)6-3-7-33(18)21/h2-8,11-13,20H,10H2,1H3,(H,28,30,31). The Morgan fingerprint density at radius 2 is 2.09 bits per heavy atom. The number of fused-ring (bicyclic) bond motifs is 1. The molecule has 164 valence electrons. The van der Waals surface area contributed by atoms with Crippen LogP contribution in [0.5, 0.6) is 0 Å². The number of nitrogens with zero attached hydrogens (tertiary/aromatic N) is 8. The van der Waals surface area contributed by atoms with Crippen LogP contribution in [0.2, 0.25) is 0 Å². The molecule has 0 aliphatic rings. The first-order valence-corrected chi connectivity index (χ1v) is 9.89. The molecule has 4 rings (SSSR count). The van der Waals surface area contributed by atoms with Crippen molar-refractivity contribution < 1.29 is 8.78 Å². The van der Waals surface area contributed by atoms with Gasteiger partial charge in [0.05, 0.1) is 41.8 Å². The largest absolute Gasteiger partial charge is 0.348 e. The normalized spacial score (nSPS) is 11.7. The fraction of sp³-hybridized carbons (Fsp3) is 0.182. The molecule has 0 spiro atoms. The number of nitriles is 1. The van der Waals surface area contributed by atoms with Gasteiger partial charge in [-0.2, -0.15) is 5.26 Å². The molecule has 0 amide bonds. The van der Waals surface area contributed by atoms with Gasteiger partial charge in [-0.15, -0.1) is 0 Å². The smallest absolute Gasteiger partial charge is 0.267 e. The lowest BCUT2D eigenvalue weighted by molar-refractivity contribution is 0.152. The van der Waals surface area contributed by atoms with Crippen LogP contribution in [-0.2, 0) is 6.54 Å². The zero-order valence-electron chi connectivity index (χ0n) is 17.4. The predicted molar refractivity (Wildman–Crippen MR) is 117 cm³/mol. The number of hydrogen-bond donors (Lipinski definition) is 1. The van der Waals surface area contributed by atoms with Gasteiger partial charge in [0.1, 0.15) is 17.4 Å². The van der Waals surface area contributed by atoms with Gasteiger partial charge in [-0.1, -0.05) is 29.4 Å². The fourth-order valence-electron chi connectivity index (χ4n) is 3.46. The van der Waals surface area contributed by atoms with E-state index in [4.69, 9.17) is 5.53 Å². The summed E-state index contributed by atoms with van der Waals surface area (Å²) in [6.07, 6.45) is 1.71. The van der Waals surface area contributed by atoms with Gasteiger partial charge in [0.2, 0.25) is 5.95 Å². The molecule has 0 saturated heterocycles. The van der Waals surface area contributed by atoms with E-state index in [0.717, 1.165) is 11.1 Å². The maximum atomic E-state index is 13.4. The first-order chi connectivity index (χ1) is 16.0. The third-order valence-corrected chi connectivity index (χ3v) is 5.07. The highest BCUT2D eigenvalue weighted by atomic mass is 19.3. The summed E-state index contributed by atoms with van der Waals surface area (Å²) in [7, 11) is 0. The van der Waals surface area contributed by atoms with Crippen LogP contribution in [-0.4, -0.2) is 19.4 Å². The number of benzene rings is 1. The summed E-state index contributed by atoms with van der Waals surface area (Å²) < 4.78 is 28.2. The van der Waals surface area contributed by atoms with Crippen LogP contribution < -0.4 is 5.32 Å². The second-order valence-electron chi connectivity index (χ2n) is 7.17. The lowest BCUT2D eigenvalue weighted by Crippen LogP contribution is -2.11. The molecule has 1 aromatic carbocycles. The van der Waals surface area contributed by atoms with Crippen LogP contribution in [0.25, 0.3) is 27.5 Å². The van der Waals surface area contributed by atoms with Crippen LogP contribution in [0.4, 0.5) is 14.7 Å². The predicted octanol–water partition coefficient (Wildman–Crippen LogP) is 5.58. The SMILES string of the molecule is CC(Nc1ncc(C#N)c(-c2cnc3c(C(F)F)cccn23)n1)c1cccc(CN=[N+]=[N-])c1. The minimum Gasteiger partial charge on any atom is -0.348 e. The highest BCUT2D eigenvalue weighted by Crippen LogP contribution is 2.29. The Bertz CT molecular complexity index is 1400. The summed E-state index contributed by atoms with van der Waals surface area (Å²) in [6, 6.07) is 12.2. The molecule has 0 aliphatic carbocycles. The van der Waals surface area contributed by atoms with Crippen molar-refractivity contribution in [3.05, 3.63) is 87.7 Å². The molecular formula is C22H17F2N9. The molecule has 1 N–H and O–H groups in total. The molecule has 0 fully saturated rings. The molecule has 1 atom stereocenters. The molecule has 0 aliphatic heterocycles. The van der Waals surface area contributed by atoms with Gasteiger partial charge in [-0.25, -0.2) is 23.7 Å². The van der Waals surface area contributed by atoms with E-state index in [2.05, 4.69) is 30.3 Å². The summed E-state index contributed by atoms with van der Waals surface area (Å²) in [5, 5.41) is 16.3. The number of nitrogens with one attached hydrogen (secondary N) is 1. The zero-order chi connectivity index (χ0) is 23.4. The maximum absolute atomic E-state index is 13.4. The number of imidazole rings is 1. The zero-order valence-corrected chi connectivity index (χ0v) is 17.4. The summed E-state index contributed by atoms with van der Waals surface area (Å²) in [4.78, 5) is 15.6. The van der Waals surface area contributed by atoms with Gasteiger partial charge in [-0.05, 0) is 35.7 Å². The van der Waals surface area contributed by atoms with Crippen LogP contribution in [0, 0.1) is 11.3 Å². The van der Waals surface area contributed by atoms with E-state index in [9.17, 15) is 14.0 Å². The molecular weight excluding hydrogens is 428 g/mol. The third-order valence-electron chi connectivity index (χ3n) is 5.07. The van der Waals surface area contributed by atoms with Crippen molar-refractivity contribution in [1.29, 1.82) is 5.26 Å². The van der Waals surface area contributed by atoms with Crippen molar-refractivity contribution in [3.8, 4) is 17.5 Å². The first-order valence-electron chi connectivity index (χ1n) is 9.89. The van der Waals surface area contributed by atoms with Crippen molar-refractivity contribution >= 4 is 11.6 Å². The molecule has 0 bridgehead atoms. The third kappa shape index (κ3) is 4.42. The van der Waals surface area contributed by atoms with Crippen molar-refractivity contribution in [2.24, 2.45) is 5.11 Å². The first kappa shape index (κ1) is 21.7. The Morgan fingerprint density at radius 3 is 2.85 bits per heavy atom. The highest BCUT2D eigenvalue weighted by molar-refractivity contribution is 5.68. The quantitative estimate of drug-likeness (QED) is 0.225. The molecule has 9 nitrogen and oxygen atoms in total. The van der Waals surface area contributed by atoms with Crippen LogP contribution in [0.15, 0.2) is 60.1 Å². The lowest BCUT2D eigenvalue weighted by Gasteiger charge is -2.16. The Kier molecular flexibility index (Phi) is 6.11. The number of pyridine rings is 1.